The fourth-order valence-corrected chi connectivity index (χ4v) is 3.19. The molecule has 1 amide bonds. The first-order valence-corrected chi connectivity index (χ1v) is 7.20. The highest BCUT2D eigenvalue weighted by Gasteiger charge is 2.40. The number of carbonyl (C=O) groups is 1. The van der Waals surface area contributed by atoms with Crippen molar-refractivity contribution in [3.05, 3.63) is 0 Å². The summed E-state index contributed by atoms with van der Waals surface area (Å²) in [4.78, 5) is 14.5. The van der Waals surface area contributed by atoms with E-state index in [1.807, 2.05) is 4.90 Å². The molecule has 4 nitrogen and oxygen atoms in total. The van der Waals surface area contributed by atoms with E-state index in [1.54, 1.807) is 0 Å². The molecule has 2 atom stereocenters. The fourth-order valence-electron chi connectivity index (χ4n) is 3.19. The number of likely N-dealkylation sites (tertiary alicyclic amines) is 1. The summed E-state index contributed by atoms with van der Waals surface area (Å²) < 4.78 is 0. The molecule has 2 fully saturated rings. The number of aliphatic hydroxyl groups excluding tert-OH is 1. The third kappa shape index (κ3) is 2.86. The van der Waals surface area contributed by atoms with Crippen molar-refractivity contribution in [1.29, 1.82) is 0 Å². The van der Waals surface area contributed by atoms with Gasteiger partial charge in [-0.25, -0.2) is 0 Å². The minimum Gasteiger partial charge on any atom is -0.391 e. The van der Waals surface area contributed by atoms with E-state index >= 15 is 0 Å². The maximum Gasteiger partial charge on any atom is 0.228 e. The number of rotatable bonds is 2. The van der Waals surface area contributed by atoms with Gasteiger partial charge in [-0.2, -0.15) is 0 Å². The average molecular weight is 254 g/mol. The SMILES string of the molecule is CC(C)(C(=O)N1CCC[C@H](O)C1)C1CCCNC1. The summed E-state index contributed by atoms with van der Waals surface area (Å²) in [6, 6.07) is 0. The molecule has 2 heterocycles. The molecular weight excluding hydrogens is 228 g/mol. The summed E-state index contributed by atoms with van der Waals surface area (Å²) in [7, 11) is 0. The lowest BCUT2D eigenvalue weighted by molar-refractivity contribution is -0.147. The number of nitrogens with zero attached hydrogens (tertiary/aromatic N) is 1. The van der Waals surface area contributed by atoms with Crippen molar-refractivity contribution in [2.24, 2.45) is 11.3 Å². The van der Waals surface area contributed by atoms with E-state index in [9.17, 15) is 9.90 Å². The van der Waals surface area contributed by atoms with E-state index in [1.165, 1.54) is 0 Å². The Balaban J connectivity index is 2.01. The largest absolute Gasteiger partial charge is 0.391 e. The van der Waals surface area contributed by atoms with Gasteiger partial charge < -0.3 is 15.3 Å². The summed E-state index contributed by atoms with van der Waals surface area (Å²) in [5.74, 6) is 0.632. The van der Waals surface area contributed by atoms with Crippen LogP contribution in [-0.4, -0.2) is 48.2 Å². The quantitative estimate of drug-likeness (QED) is 0.773. The van der Waals surface area contributed by atoms with Crippen LogP contribution in [0.25, 0.3) is 0 Å². The first kappa shape index (κ1) is 13.8. The molecule has 2 aliphatic heterocycles. The van der Waals surface area contributed by atoms with Crippen molar-refractivity contribution in [1.82, 2.24) is 10.2 Å². The van der Waals surface area contributed by atoms with Crippen molar-refractivity contribution in [3.8, 4) is 0 Å². The normalized spacial score (nSPS) is 30.3. The molecule has 104 valence electrons. The van der Waals surface area contributed by atoms with Gasteiger partial charge in [0.1, 0.15) is 0 Å². The second kappa shape index (κ2) is 5.57. The molecule has 0 bridgehead atoms. The highest BCUT2D eigenvalue weighted by Crippen LogP contribution is 2.34. The number of piperidine rings is 2. The monoisotopic (exact) mass is 254 g/mol. The van der Waals surface area contributed by atoms with Crippen LogP contribution in [0.2, 0.25) is 0 Å². The van der Waals surface area contributed by atoms with E-state index in [2.05, 4.69) is 19.2 Å². The molecule has 2 N–H and O–H groups in total. The van der Waals surface area contributed by atoms with Crippen LogP contribution >= 0.6 is 0 Å². The van der Waals surface area contributed by atoms with Crippen LogP contribution in [0.3, 0.4) is 0 Å². The second-order valence-electron chi connectivity index (χ2n) is 6.31. The third-order valence-electron chi connectivity index (χ3n) is 4.55. The molecule has 4 heteroatoms. The number of hydrogen-bond acceptors (Lipinski definition) is 3. The van der Waals surface area contributed by atoms with Gasteiger partial charge >= 0.3 is 0 Å². The number of carbonyl (C=O) groups excluding carboxylic acids is 1. The van der Waals surface area contributed by atoms with Crippen molar-refractivity contribution >= 4 is 5.91 Å². The van der Waals surface area contributed by atoms with Crippen molar-refractivity contribution in [3.63, 3.8) is 0 Å². The molecule has 2 aliphatic rings. The lowest BCUT2D eigenvalue weighted by atomic mass is 9.73. The molecule has 0 aliphatic carbocycles. The Hall–Kier alpha value is -0.610. The molecule has 0 aromatic rings. The topological polar surface area (TPSA) is 52.6 Å². The smallest absolute Gasteiger partial charge is 0.228 e. The standard InChI is InChI=1S/C14H26N2O2/c1-14(2,11-5-3-7-15-9-11)13(18)16-8-4-6-12(17)10-16/h11-12,15,17H,3-10H2,1-2H3/t11?,12-/m0/s1. The first-order chi connectivity index (χ1) is 8.51. The summed E-state index contributed by atoms with van der Waals surface area (Å²) in [6.07, 6.45) is 3.70. The Kier molecular flexibility index (Phi) is 4.28. The molecule has 0 aromatic carbocycles. The Labute approximate surface area is 110 Å². The number of aliphatic hydroxyl groups is 1. The Morgan fingerprint density at radius 1 is 1.33 bits per heavy atom. The number of β-amino-alcohol motifs (C(OH)–C–C–N with tert-alkyl or cyclic N) is 1. The van der Waals surface area contributed by atoms with Crippen LogP contribution < -0.4 is 5.32 Å². The molecule has 18 heavy (non-hydrogen) atoms. The Morgan fingerprint density at radius 2 is 2.11 bits per heavy atom. The summed E-state index contributed by atoms with van der Waals surface area (Å²) >= 11 is 0. The zero-order valence-corrected chi connectivity index (χ0v) is 11.6. The Bertz CT molecular complexity index is 298. The zero-order chi connectivity index (χ0) is 13.2. The van der Waals surface area contributed by atoms with Gasteiger partial charge in [-0.05, 0) is 44.7 Å². The molecule has 2 saturated heterocycles. The summed E-state index contributed by atoms with van der Waals surface area (Å²) in [6.45, 7) is 7.46. The van der Waals surface area contributed by atoms with Gasteiger partial charge in [0, 0.05) is 18.5 Å². The van der Waals surface area contributed by atoms with Gasteiger partial charge in [0.2, 0.25) is 5.91 Å². The third-order valence-corrected chi connectivity index (χ3v) is 4.55. The molecule has 0 radical (unpaired) electrons. The van der Waals surface area contributed by atoms with Crippen LogP contribution in [0.5, 0.6) is 0 Å². The van der Waals surface area contributed by atoms with Crippen LogP contribution in [0, 0.1) is 11.3 Å². The van der Waals surface area contributed by atoms with E-state index in [0.29, 0.717) is 12.5 Å². The van der Waals surface area contributed by atoms with Crippen molar-refractivity contribution < 1.29 is 9.90 Å². The van der Waals surface area contributed by atoms with Gasteiger partial charge in [-0.15, -0.1) is 0 Å². The number of amides is 1. The molecule has 1 unspecified atom stereocenters. The lowest BCUT2D eigenvalue weighted by Crippen LogP contribution is -2.52. The Morgan fingerprint density at radius 3 is 2.72 bits per heavy atom. The molecule has 2 rings (SSSR count). The minimum atomic E-state index is -0.331. The van der Waals surface area contributed by atoms with Crippen LogP contribution in [0.1, 0.15) is 39.5 Å². The van der Waals surface area contributed by atoms with Crippen LogP contribution in [0.4, 0.5) is 0 Å². The molecule has 0 saturated carbocycles. The predicted molar refractivity (Wildman–Crippen MR) is 71.2 cm³/mol. The predicted octanol–water partition coefficient (Wildman–Crippen LogP) is 0.996. The fraction of sp³-hybridized carbons (Fsp3) is 0.929. The van der Waals surface area contributed by atoms with E-state index in [-0.39, 0.29) is 17.4 Å². The maximum absolute atomic E-state index is 12.7. The molecule has 0 aromatic heterocycles. The van der Waals surface area contributed by atoms with E-state index in [4.69, 9.17) is 0 Å². The highest BCUT2D eigenvalue weighted by atomic mass is 16.3. The van der Waals surface area contributed by atoms with Crippen LogP contribution in [-0.2, 0) is 4.79 Å². The maximum atomic E-state index is 12.7. The number of hydrogen-bond donors (Lipinski definition) is 2. The summed E-state index contributed by atoms with van der Waals surface area (Å²) in [5, 5.41) is 13.1. The van der Waals surface area contributed by atoms with Crippen LogP contribution in [0.15, 0.2) is 0 Å². The van der Waals surface area contributed by atoms with Gasteiger partial charge in [-0.1, -0.05) is 13.8 Å². The highest BCUT2D eigenvalue weighted by molar-refractivity contribution is 5.82. The molecule has 0 spiro atoms. The minimum absolute atomic E-state index is 0.218. The van der Waals surface area contributed by atoms with E-state index in [0.717, 1.165) is 45.3 Å². The van der Waals surface area contributed by atoms with Gasteiger partial charge in [0.15, 0.2) is 0 Å². The number of nitrogens with one attached hydrogen (secondary N) is 1. The zero-order valence-electron chi connectivity index (χ0n) is 11.6. The van der Waals surface area contributed by atoms with Crippen molar-refractivity contribution in [2.75, 3.05) is 26.2 Å². The van der Waals surface area contributed by atoms with Gasteiger partial charge in [-0.3, -0.25) is 4.79 Å². The lowest BCUT2D eigenvalue weighted by Gasteiger charge is -2.41. The van der Waals surface area contributed by atoms with Gasteiger partial charge in [0.05, 0.1) is 6.10 Å². The average Bonchev–Trinajstić information content (AvgIpc) is 2.39. The summed E-state index contributed by atoms with van der Waals surface area (Å²) in [5.41, 5.74) is -0.315. The molecular formula is C14H26N2O2. The second-order valence-corrected chi connectivity index (χ2v) is 6.31. The van der Waals surface area contributed by atoms with Gasteiger partial charge in [0.25, 0.3) is 0 Å². The van der Waals surface area contributed by atoms with E-state index < -0.39 is 0 Å². The van der Waals surface area contributed by atoms with Crippen molar-refractivity contribution in [2.45, 2.75) is 45.6 Å². The first-order valence-electron chi connectivity index (χ1n) is 7.20.